The number of halogens is 1. The maximum atomic E-state index is 13.0. The normalized spacial score (nSPS) is 19.1. The van der Waals surface area contributed by atoms with Crippen molar-refractivity contribution in [2.24, 2.45) is 0 Å². The molecule has 1 amide bonds. The van der Waals surface area contributed by atoms with E-state index in [1.165, 1.54) is 6.07 Å². The number of carbonyl (C=O) groups is 2. The molecule has 9 nitrogen and oxygen atoms in total. The van der Waals surface area contributed by atoms with Crippen molar-refractivity contribution in [2.75, 3.05) is 39.7 Å². The zero-order chi connectivity index (χ0) is 26.5. The van der Waals surface area contributed by atoms with Crippen LogP contribution < -0.4 is 10.2 Å². The van der Waals surface area contributed by atoms with Crippen LogP contribution in [-0.4, -0.2) is 67.6 Å². The predicted molar refractivity (Wildman–Crippen MR) is 140 cm³/mol. The number of aromatic hydroxyl groups is 1. The summed E-state index contributed by atoms with van der Waals surface area (Å²) in [6.07, 6.45) is 13.4. The average molecular weight is 537 g/mol. The van der Waals surface area contributed by atoms with Crippen LogP contribution in [0.1, 0.15) is 61.4 Å². The number of amides is 1. The number of ether oxygens (including phenoxy) is 3. The number of likely N-dealkylation sites (tertiary alicyclic amines) is 1. The number of carbonyl (C=O) groups excluding carboxylic acids is 2. The maximum absolute atomic E-state index is 13.0. The Kier molecular flexibility index (Phi) is 12.2. The molecule has 0 aliphatic carbocycles. The number of hydrogen-bond donors (Lipinski definition) is 2. The summed E-state index contributed by atoms with van der Waals surface area (Å²) in [4.78, 5) is 32.9. The summed E-state index contributed by atoms with van der Waals surface area (Å²) in [6.45, 7) is 3.76. The van der Waals surface area contributed by atoms with E-state index in [1.807, 2.05) is 36.1 Å². The highest BCUT2D eigenvalue weighted by molar-refractivity contribution is 6.33. The highest BCUT2D eigenvalue weighted by Crippen LogP contribution is 2.38. The van der Waals surface area contributed by atoms with Crippen LogP contribution >= 0.6 is 11.6 Å². The van der Waals surface area contributed by atoms with E-state index in [-0.39, 0.29) is 54.4 Å². The highest BCUT2D eigenvalue weighted by Gasteiger charge is 2.26. The van der Waals surface area contributed by atoms with Gasteiger partial charge in [0, 0.05) is 25.8 Å². The van der Waals surface area contributed by atoms with Crippen molar-refractivity contribution in [3.8, 4) is 11.5 Å². The van der Waals surface area contributed by atoms with Gasteiger partial charge in [-0.3, -0.25) is 9.63 Å². The first kappa shape index (κ1) is 29.0. The summed E-state index contributed by atoms with van der Waals surface area (Å²) in [6, 6.07) is 0.836. The van der Waals surface area contributed by atoms with E-state index >= 15 is 0 Å². The number of cyclic esters (lactones) is 1. The molecule has 10 heteroatoms. The van der Waals surface area contributed by atoms with Crippen LogP contribution in [0.2, 0.25) is 5.02 Å². The number of benzene rings is 1. The number of piperidine rings is 1. The summed E-state index contributed by atoms with van der Waals surface area (Å²) in [5, 5.41) is 10.9. The lowest BCUT2D eigenvalue weighted by Gasteiger charge is -2.27. The Morgan fingerprint density at radius 2 is 1.95 bits per heavy atom. The van der Waals surface area contributed by atoms with Gasteiger partial charge in [-0.15, -0.1) is 0 Å². The molecule has 204 valence electrons. The van der Waals surface area contributed by atoms with E-state index in [9.17, 15) is 14.7 Å². The van der Waals surface area contributed by atoms with Crippen LogP contribution in [-0.2, 0) is 25.5 Å². The van der Waals surface area contributed by atoms with Crippen LogP contribution in [0.15, 0.2) is 30.4 Å². The number of fused-ring (bicyclic) bond motifs is 1. The second kappa shape index (κ2) is 15.6. The Hall–Kier alpha value is -2.59. The van der Waals surface area contributed by atoms with Crippen molar-refractivity contribution in [3.63, 3.8) is 0 Å². The van der Waals surface area contributed by atoms with Crippen molar-refractivity contribution in [3.05, 3.63) is 46.5 Å². The molecule has 1 unspecified atom stereocenters. The van der Waals surface area contributed by atoms with Gasteiger partial charge in [0.2, 0.25) is 0 Å². The summed E-state index contributed by atoms with van der Waals surface area (Å²) >= 11 is 6.68. The molecule has 37 heavy (non-hydrogen) atoms. The van der Waals surface area contributed by atoms with Crippen LogP contribution in [0.25, 0.3) is 0 Å². The standard InChI is InChI=1S/C27H37ClN2O7/c1-2-34-19-36-23-17-22(31)25-21(26(23)28)16-20(12-8-5-3-4-6-11-15-35-27(25)33)29-37-18-24(32)30-13-9-7-10-14-30/h4,6,8,12,17,20,29,31H,2-3,5,7,9-11,13-16,18-19H2,1H3. The number of esters is 1. The average Bonchev–Trinajstić information content (AvgIpc) is 2.90. The molecule has 2 aliphatic heterocycles. The fourth-order valence-electron chi connectivity index (χ4n) is 4.18. The Balaban J connectivity index is 1.83. The largest absolute Gasteiger partial charge is 0.507 e. The molecule has 0 saturated carbocycles. The van der Waals surface area contributed by atoms with Crippen molar-refractivity contribution < 1.29 is 33.7 Å². The van der Waals surface area contributed by atoms with Crippen LogP contribution in [0.3, 0.4) is 0 Å². The third kappa shape index (κ3) is 9.03. The van der Waals surface area contributed by atoms with E-state index in [0.29, 0.717) is 18.6 Å². The molecule has 0 aromatic heterocycles. The van der Waals surface area contributed by atoms with Gasteiger partial charge in [0.1, 0.15) is 23.7 Å². The lowest BCUT2D eigenvalue weighted by Crippen LogP contribution is -2.40. The first-order chi connectivity index (χ1) is 18.0. The molecule has 2 heterocycles. The molecule has 1 aromatic rings. The quantitative estimate of drug-likeness (QED) is 0.166. The van der Waals surface area contributed by atoms with Crippen LogP contribution in [0, 0.1) is 0 Å². The summed E-state index contributed by atoms with van der Waals surface area (Å²) in [5.74, 6) is -0.872. The minimum absolute atomic E-state index is 0.0283. The van der Waals surface area contributed by atoms with Gasteiger partial charge in [0.05, 0.1) is 17.7 Å². The van der Waals surface area contributed by atoms with Gasteiger partial charge < -0.3 is 24.2 Å². The van der Waals surface area contributed by atoms with E-state index < -0.39 is 12.0 Å². The van der Waals surface area contributed by atoms with Gasteiger partial charge in [-0.25, -0.2) is 4.79 Å². The minimum atomic E-state index is -0.680. The highest BCUT2D eigenvalue weighted by atomic mass is 35.5. The number of hydrogen-bond acceptors (Lipinski definition) is 8. The molecule has 0 bridgehead atoms. The third-order valence-corrected chi connectivity index (χ3v) is 6.54. The van der Waals surface area contributed by atoms with Gasteiger partial charge in [-0.05, 0) is 57.4 Å². The fourth-order valence-corrected chi connectivity index (χ4v) is 4.46. The molecule has 1 atom stereocenters. The lowest BCUT2D eigenvalue weighted by molar-refractivity contribution is -0.140. The van der Waals surface area contributed by atoms with Crippen molar-refractivity contribution in [2.45, 2.75) is 57.9 Å². The van der Waals surface area contributed by atoms with Gasteiger partial charge in [0.25, 0.3) is 5.91 Å². The molecule has 0 radical (unpaired) electrons. The molecule has 0 spiro atoms. The number of nitrogens with one attached hydrogen (secondary N) is 1. The van der Waals surface area contributed by atoms with E-state index in [4.69, 9.17) is 30.6 Å². The SMILES string of the molecule is CCOCOc1cc(O)c2c(c1Cl)CC(NOCC(=O)N1CCCCC1)C=CCCC=CCCOC2=O. The first-order valence-electron chi connectivity index (χ1n) is 12.9. The second-order valence-corrected chi connectivity index (χ2v) is 9.25. The number of nitrogens with zero attached hydrogens (tertiary/aromatic N) is 1. The van der Waals surface area contributed by atoms with Crippen LogP contribution in [0.5, 0.6) is 11.5 Å². The van der Waals surface area contributed by atoms with Gasteiger partial charge in [-0.1, -0.05) is 35.9 Å². The van der Waals surface area contributed by atoms with E-state index in [2.05, 4.69) is 5.48 Å². The fraction of sp³-hybridized carbons (Fsp3) is 0.556. The van der Waals surface area contributed by atoms with E-state index in [0.717, 1.165) is 45.2 Å². The third-order valence-electron chi connectivity index (χ3n) is 6.13. The Morgan fingerprint density at radius 1 is 1.19 bits per heavy atom. The van der Waals surface area contributed by atoms with E-state index in [1.54, 1.807) is 0 Å². The molecule has 3 rings (SSSR count). The molecule has 1 fully saturated rings. The number of phenols is 1. The number of rotatable bonds is 8. The zero-order valence-corrected chi connectivity index (χ0v) is 22.1. The lowest BCUT2D eigenvalue weighted by atomic mass is 9.98. The summed E-state index contributed by atoms with van der Waals surface area (Å²) < 4.78 is 16.2. The first-order valence-corrected chi connectivity index (χ1v) is 13.3. The minimum Gasteiger partial charge on any atom is -0.507 e. The zero-order valence-electron chi connectivity index (χ0n) is 21.4. The summed E-state index contributed by atoms with van der Waals surface area (Å²) in [5.41, 5.74) is 3.25. The maximum Gasteiger partial charge on any atom is 0.342 e. The summed E-state index contributed by atoms with van der Waals surface area (Å²) in [7, 11) is 0. The van der Waals surface area contributed by atoms with Gasteiger partial charge >= 0.3 is 5.97 Å². The smallest absolute Gasteiger partial charge is 0.342 e. The van der Waals surface area contributed by atoms with Gasteiger partial charge in [0.15, 0.2) is 6.79 Å². The van der Waals surface area contributed by atoms with Crippen molar-refractivity contribution >= 4 is 23.5 Å². The topological polar surface area (TPSA) is 107 Å². The molecule has 1 saturated heterocycles. The molecule has 2 aliphatic rings. The number of phenolic OH excluding ortho intramolecular Hbond substituents is 1. The molecule has 2 N–H and O–H groups in total. The molecule has 1 aromatic carbocycles. The molecular formula is C27H37ClN2O7. The van der Waals surface area contributed by atoms with Crippen molar-refractivity contribution in [1.82, 2.24) is 10.4 Å². The molecular weight excluding hydrogens is 500 g/mol. The van der Waals surface area contributed by atoms with Crippen molar-refractivity contribution in [1.29, 1.82) is 0 Å². The second-order valence-electron chi connectivity index (χ2n) is 8.88. The Bertz CT molecular complexity index is 961. The Morgan fingerprint density at radius 3 is 2.73 bits per heavy atom. The number of allylic oxidation sites excluding steroid dienone is 2. The number of hydroxylamine groups is 1. The van der Waals surface area contributed by atoms with Gasteiger partial charge in [-0.2, -0.15) is 5.48 Å². The Labute approximate surface area is 223 Å². The predicted octanol–water partition coefficient (Wildman–Crippen LogP) is 4.32. The van der Waals surface area contributed by atoms with Crippen LogP contribution in [0.4, 0.5) is 0 Å². The monoisotopic (exact) mass is 536 g/mol.